The lowest BCUT2D eigenvalue weighted by Crippen LogP contribution is -2.46. The van der Waals surface area contributed by atoms with E-state index in [4.69, 9.17) is 4.74 Å². The number of hydrogen-bond acceptors (Lipinski definition) is 4. The molecule has 1 N–H and O–H groups in total. The number of ether oxygens (including phenoxy) is 1. The molecule has 2 heterocycles. The SMILES string of the molecule is CC1=CC2(CCN(CC(=O)Nc3cccc(C(F)(F)F)c3)CC2)OC1=O. The van der Waals surface area contributed by atoms with Crippen molar-refractivity contribution in [2.75, 3.05) is 25.0 Å². The van der Waals surface area contributed by atoms with Gasteiger partial charge in [-0.1, -0.05) is 6.07 Å². The van der Waals surface area contributed by atoms with Gasteiger partial charge in [-0.2, -0.15) is 13.2 Å². The molecule has 0 unspecified atom stereocenters. The number of carbonyl (C=O) groups excluding carboxylic acids is 2. The van der Waals surface area contributed by atoms with Crippen molar-refractivity contribution in [1.29, 1.82) is 0 Å². The Balaban J connectivity index is 1.53. The molecule has 1 aromatic carbocycles. The van der Waals surface area contributed by atoms with E-state index in [0.29, 0.717) is 31.5 Å². The third kappa shape index (κ3) is 4.07. The highest BCUT2D eigenvalue weighted by Gasteiger charge is 2.41. The highest BCUT2D eigenvalue weighted by atomic mass is 19.4. The van der Waals surface area contributed by atoms with E-state index in [1.807, 2.05) is 11.0 Å². The van der Waals surface area contributed by atoms with Gasteiger partial charge in [-0.3, -0.25) is 9.69 Å². The third-order valence-electron chi connectivity index (χ3n) is 4.64. The van der Waals surface area contributed by atoms with Crippen LogP contribution in [0.2, 0.25) is 0 Å². The Kier molecular flexibility index (Phi) is 4.79. The van der Waals surface area contributed by atoms with Crippen LogP contribution in [0.5, 0.6) is 0 Å². The van der Waals surface area contributed by atoms with E-state index >= 15 is 0 Å². The normalized spacial score (nSPS) is 20.0. The van der Waals surface area contributed by atoms with Gasteiger partial charge in [0, 0.05) is 37.2 Å². The van der Waals surface area contributed by atoms with Crippen LogP contribution in [-0.4, -0.2) is 42.0 Å². The topological polar surface area (TPSA) is 58.6 Å². The Morgan fingerprint density at radius 3 is 2.58 bits per heavy atom. The molecular weight excluding hydrogens is 349 g/mol. The van der Waals surface area contributed by atoms with Gasteiger partial charge < -0.3 is 10.1 Å². The maximum Gasteiger partial charge on any atom is 0.416 e. The lowest BCUT2D eigenvalue weighted by Gasteiger charge is -2.36. The molecule has 1 aromatic rings. The van der Waals surface area contributed by atoms with Gasteiger partial charge in [0.05, 0.1) is 12.1 Å². The first kappa shape index (κ1) is 18.4. The molecule has 0 atom stereocenters. The second kappa shape index (κ2) is 6.75. The average molecular weight is 368 g/mol. The van der Waals surface area contributed by atoms with Crippen molar-refractivity contribution in [3.8, 4) is 0 Å². The molecule has 0 aromatic heterocycles. The number of hydrogen-bond donors (Lipinski definition) is 1. The summed E-state index contributed by atoms with van der Waals surface area (Å²) in [6, 6.07) is 4.54. The van der Waals surface area contributed by atoms with Crippen LogP contribution in [0.3, 0.4) is 0 Å². The number of nitrogens with one attached hydrogen (secondary N) is 1. The van der Waals surface area contributed by atoms with Crippen LogP contribution in [-0.2, 0) is 20.5 Å². The lowest BCUT2D eigenvalue weighted by atomic mass is 9.91. The minimum absolute atomic E-state index is 0.0724. The van der Waals surface area contributed by atoms with Crippen LogP contribution >= 0.6 is 0 Å². The number of likely N-dealkylation sites (tertiary alicyclic amines) is 1. The van der Waals surface area contributed by atoms with Crippen molar-refractivity contribution in [2.45, 2.75) is 31.5 Å². The van der Waals surface area contributed by atoms with Crippen LogP contribution in [0, 0.1) is 0 Å². The number of anilines is 1. The molecule has 0 bridgehead atoms. The first-order valence-electron chi connectivity index (χ1n) is 8.29. The molecule has 0 radical (unpaired) electrons. The number of piperidine rings is 1. The zero-order valence-corrected chi connectivity index (χ0v) is 14.2. The number of alkyl halides is 3. The standard InChI is InChI=1S/C18H19F3N2O3/c1-12-10-17(26-16(12)25)5-7-23(8-6-17)11-15(24)22-14-4-2-3-13(9-14)18(19,20)21/h2-4,9-10H,5-8,11H2,1H3,(H,22,24). The van der Waals surface area contributed by atoms with Gasteiger partial charge in [0.25, 0.3) is 0 Å². The van der Waals surface area contributed by atoms with E-state index in [9.17, 15) is 22.8 Å². The molecule has 0 saturated carbocycles. The lowest BCUT2D eigenvalue weighted by molar-refractivity contribution is -0.150. The highest BCUT2D eigenvalue weighted by Crippen LogP contribution is 2.34. The molecule has 8 heteroatoms. The van der Waals surface area contributed by atoms with Gasteiger partial charge >= 0.3 is 12.1 Å². The van der Waals surface area contributed by atoms with Gasteiger partial charge in [0.2, 0.25) is 5.91 Å². The highest BCUT2D eigenvalue weighted by molar-refractivity contribution is 5.92. The van der Waals surface area contributed by atoms with Crippen molar-refractivity contribution in [2.24, 2.45) is 0 Å². The van der Waals surface area contributed by atoms with E-state index < -0.39 is 17.3 Å². The quantitative estimate of drug-likeness (QED) is 0.834. The first-order valence-corrected chi connectivity index (χ1v) is 8.29. The molecule has 1 amide bonds. The molecule has 0 aliphatic carbocycles. The average Bonchev–Trinajstić information content (AvgIpc) is 2.83. The number of carbonyl (C=O) groups is 2. The Morgan fingerprint density at radius 1 is 1.31 bits per heavy atom. The van der Waals surface area contributed by atoms with Crippen LogP contribution in [0.1, 0.15) is 25.3 Å². The maximum absolute atomic E-state index is 12.7. The smallest absolute Gasteiger partial charge is 0.416 e. The number of rotatable bonds is 3. The molecule has 5 nitrogen and oxygen atoms in total. The molecular formula is C18H19F3N2O3. The van der Waals surface area contributed by atoms with Crippen molar-refractivity contribution in [1.82, 2.24) is 4.90 Å². The molecule has 2 aliphatic rings. The third-order valence-corrected chi connectivity index (χ3v) is 4.64. The van der Waals surface area contributed by atoms with E-state index in [1.165, 1.54) is 12.1 Å². The summed E-state index contributed by atoms with van der Waals surface area (Å²) in [5.74, 6) is -0.684. The zero-order valence-electron chi connectivity index (χ0n) is 14.2. The fourth-order valence-electron chi connectivity index (χ4n) is 3.26. The summed E-state index contributed by atoms with van der Waals surface area (Å²) < 4.78 is 43.6. The minimum atomic E-state index is -4.45. The van der Waals surface area contributed by atoms with E-state index in [-0.39, 0.29) is 24.1 Å². The first-order chi connectivity index (χ1) is 12.2. The zero-order chi connectivity index (χ0) is 18.9. The predicted octanol–water partition coefficient (Wildman–Crippen LogP) is 2.98. The Hall–Kier alpha value is -2.35. The summed E-state index contributed by atoms with van der Waals surface area (Å²) in [6.07, 6.45) is -1.43. The monoisotopic (exact) mass is 368 g/mol. The van der Waals surface area contributed by atoms with Crippen LogP contribution in [0.25, 0.3) is 0 Å². The molecule has 1 fully saturated rings. The second-order valence-electron chi connectivity index (χ2n) is 6.68. The van der Waals surface area contributed by atoms with E-state index in [2.05, 4.69) is 5.32 Å². The molecule has 1 spiro atoms. The van der Waals surface area contributed by atoms with Crippen LogP contribution in [0.4, 0.5) is 18.9 Å². The van der Waals surface area contributed by atoms with E-state index in [0.717, 1.165) is 12.1 Å². The van der Waals surface area contributed by atoms with Crippen LogP contribution in [0.15, 0.2) is 35.9 Å². The second-order valence-corrected chi connectivity index (χ2v) is 6.68. The van der Waals surface area contributed by atoms with Crippen molar-refractivity contribution in [3.05, 3.63) is 41.5 Å². The van der Waals surface area contributed by atoms with Crippen molar-refractivity contribution in [3.63, 3.8) is 0 Å². The summed E-state index contributed by atoms with van der Waals surface area (Å²) in [6.45, 7) is 2.91. The van der Waals surface area contributed by atoms with Crippen LogP contribution < -0.4 is 5.32 Å². The molecule has 3 rings (SSSR count). The van der Waals surface area contributed by atoms with Gasteiger partial charge in [-0.05, 0) is 31.2 Å². The number of esters is 1. The summed E-state index contributed by atoms with van der Waals surface area (Å²) in [7, 11) is 0. The summed E-state index contributed by atoms with van der Waals surface area (Å²) in [5.41, 5.74) is -0.669. The van der Waals surface area contributed by atoms with E-state index in [1.54, 1.807) is 6.92 Å². The summed E-state index contributed by atoms with van der Waals surface area (Å²) >= 11 is 0. The number of benzene rings is 1. The minimum Gasteiger partial charge on any atom is -0.451 e. The molecule has 2 aliphatic heterocycles. The molecule has 140 valence electrons. The van der Waals surface area contributed by atoms with Gasteiger partial charge in [0.1, 0.15) is 5.60 Å². The Bertz CT molecular complexity index is 750. The Morgan fingerprint density at radius 2 is 2.00 bits per heavy atom. The number of halogens is 3. The van der Waals surface area contributed by atoms with Gasteiger partial charge in [-0.25, -0.2) is 4.79 Å². The van der Waals surface area contributed by atoms with Crippen molar-refractivity contribution >= 4 is 17.6 Å². The molecule has 26 heavy (non-hydrogen) atoms. The largest absolute Gasteiger partial charge is 0.451 e. The van der Waals surface area contributed by atoms with Gasteiger partial charge in [-0.15, -0.1) is 0 Å². The van der Waals surface area contributed by atoms with Crippen molar-refractivity contribution < 1.29 is 27.5 Å². The summed E-state index contributed by atoms with van der Waals surface area (Å²) in [5, 5.41) is 2.50. The van der Waals surface area contributed by atoms with Gasteiger partial charge in [0.15, 0.2) is 0 Å². The fraction of sp³-hybridized carbons (Fsp3) is 0.444. The summed E-state index contributed by atoms with van der Waals surface area (Å²) in [4.78, 5) is 25.6. The fourth-order valence-corrected chi connectivity index (χ4v) is 3.26. The predicted molar refractivity (Wildman–Crippen MR) is 88.3 cm³/mol. The maximum atomic E-state index is 12.7. The Labute approximate surface area is 148 Å². The number of nitrogens with zero attached hydrogens (tertiary/aromatic N) is 1. The molecule has 1 saturated heterocycles. The number of amides is 1.